The van der Waals surface area contributed by atoms with Crippen LogP contribution in [0.25, 0.3) is 11.5 Å². The van der Waals surface area contributed by atoms with Gasteiger partial charge in [0, 0.05) is 5.69 Å². The molecule has 9 heteroatoms. The van der Waals surface area contributed by atoms with E-state index in [1.807, 2.05) is 54.6 Å². The predicted octanol–water partition coefficient (Wildman–Crippen LogP) is 5.88. The van der Waals surface area contributed by atoms with Crippen LogP contribution >= 0.6 is 23.4 Å². The Balaban J connectivity index is 1.59. The molecular weight excluding hydrogens is 462 g/mol. The van der Waals surface area contributed by atoms with Crippen molar-refractivity contribution < 1.29 is 18.7 Å². The van der Waals surface area contributed by atoms with E-state index in [4.69, 9.17) is 25.5 Å². The summed E-state index contributed by atoms with van der Waals surface area (Å²) in [5.74, 6) is 1.19. The Bertz CT molecular complexity index is 1250. The molecule has 4 aromatic rings. The Labute approximate surface area is 200 Å². The van der Waals surface area contributed by atoms with Gasteiger partial charge in [0.25, 0.3) is 11.1 Å². The highest BCUT2D eigenvalue weighted by Crippen LogP contribution is 2.38. The molecule has 1 atom stereocenters. The van der Waals surface area contributed by atoms with E-state index in [1.54, 1.807) is 25.3 Å². The number of nitrogens with zero attached hydrogens (tertiary/aromatic N) is 2. The molecule has 0 saturated carbocycles. The van der Waals surface area contributed by atoms with Gasteiger partial charge in [-0.1, -0.05) is 54.1 Å². The summed E-state index contributed by atoms with van der Waals surface area (Å²) in [6.45, 7) is 0. The molecule has 0 radical (unpaired) electrons. The van der Waals surface area contributed by atoms with Crippen molar-refractivity contribution in [2.75, 3.05) is 19.5 Å². The molecule has 1 aromatic heterocycles. The topological polar surface area (TPSA) is 86.5 Å². The Morgan fingerprint density at radius 1 is 0.970 bits per heavy atom. The van der Waals surface area contributed by atoms with E-state index < -0.39 is 5.25 Å². The van der Waals surface area contributed by atoms with Gasteiger partial charge in [-0.3, -0.25) is 4.79 Å². The van der Waals surface area contributed by atoms with Crippen molar-refractivity contribution in [1.82, 2.24) is 10.2 Å². The average Bonchev–Trinajstić information content (AvgIpc) is 3.31. The molecule has 0 aliphatic heterocycles. The summed E-state index contributed by atoms with van der Waals surface area (Å²) >= 11 is 7.36. The van der Waals surface area contributed by atoms with Crippen molar-refractivity contribution in [1.29, 1.82) is 0 Å². The molecule has 0 aliphatic carbocycles. The fourth-order valence-corrected chi connectivity index (χ4v) is 4.27. The SMILES string of the molecule is COc1ccc(NC(=O)C(Sc2nnc(-c3ccccc3OC)o2)c2ccccc2)cc1Cl. The van der Waals surface area contributed by atoms with E-state index in [9.17, 15) is 4.79 Å². The molecule has 3 aromatic carbocycles. The first-order valence-corrected chi connectivity index (χ1v) is 11.2. The van der Waals surface area contributed by atoms with Crippen LogP contribution in [0.4, 0.5) is 5.69 Å². The third-order valence-electron chi connectivity index (χ3n) is 4.72. The van der Waals surface area contributed by atoms with Crippen LogP contribution < -0.4 is 14.8 Å². The monoisotopic (exact) mass is 481 g/mol. The first-order valence-electron chi connectivity index (χ1n) is 9.92. The molecule has 1 heterocycles. The van der Waals surface area contributed by atoms with E-state index in [-0.39, 0.29) is 11.1 Å². The molecular formula is C24H20ClN3O4S. The largest absolute Gasteiger partial charge is 0.496 e. The smallest absolute Gasteiger partial charge is 0.277 e. The minimum Gasteiger partial charge on any atom is -0.496 e. The lowest BCUT2D eigenvalue weighted by molar-refractivity contribution is -0.115. The molecule has 0 bridgehead atoms. The standard InChI is InChI=1S/C24H20ClN3O4S/c1-30-19-11-7-6-10-17(19)23-27-28-24(32-23)33-21(15-8-4-3-5-9-15)22(29)26-16-12-13-20(31-2)18(25)14-16/h3-14,21H,1-2H3,(H,26,29). The lowest BCUT2D eigenvalue weighted by Gasteiger charge is -2.15. The van der Waals surface area contributed by atoms with Gasteiger partial charge in [0.15, 0.2) is 0 Å². The van der Waals surface area contributed by atoms with Crippen molar-refractivity contribution in [3.8, 4) is 23.0 Å². The van der Waals surface area contributed by atoms with Gasteiger partial charge in [-0.25, -0.2) is 0 Å². The highest BCUT2D eigenvalue weighted by Gasteiger charge is 2.26. The van der Waals surface area contributed by atoms with Crippen molar-refractivity contribution >= 4 is 35.0 Å². The number of amides is 1. The second-order valence-electron chi connectivity index (χ2n) is 6.82. The van der Waals surface area contributed by atoms with E-state index >= 15 is 0 Å². The Hall–Kier alpha value is -3.49. The maximum absolute atomic E-state index is 13.2. The summed E-state index contributed by atoms with van der Waals surface area (Å²) < 4.78 is 16.4. The van der Waals surface area contributed by atoms with Gasteiger partial charge < -0.3 is 19.2 Å². The predicted molar refractivity (Wildman–Crippen MR) is 128 cm³/mol. The summed E-state index contributed by atoms with van der Waals surface area (Å²) in [6.07, 6.45) is 0. The van der Waals surface area contributed by atoms with Crippen molar-refractivity contribution in [3.05, 3.63) is 83.4 Å². The third-order valence-corrected chi connectivity index (χ3v) is 6.11. The van der Waals surface area contributed by atoms with E-state index in [2.05, 4.69) is 15.5 Å². The highest BCUT2D eigenvalue weighted by atomic mass is 35.5. The maximum atomic E-state index is 13.2. The van der Waals surface area contributed by atoms with Gasteiger partial charge in [-0.15, -0.1) is 10.2 Å². The minimum atomic E-state index is -0.641. The summed E-state index contributed by atoms with van der Waals surface area (Å²) in [7, 11) is 3.11. The van der Waals surface area contributed by atoms with Crippen LogP contribution in [0.5, 0.6) is 11.5 Å². The first kappa shape index (κ1) is 22.7. The van der Waals surface area contributed by atoms with E-state index in [0.29, 0.717) is 33.7 Å². The van der Waals surface area contributed by atoms with Gasteiger partial charge in [0.2, 0.25) is 5.91 Å². The molecule has 1 unspecified atom stereocenters. The van der Waals surface area contributed by atoms with Crippen LogP contribution in [-0.2, 0) is 4.79 Å². The van der Waals surface area contributed by atoms with Crippen molar-refractivity contribution in [3.63, 3.8) is 0 Å². The van der Waals surface area contributed by atoms with Crippen LogP contribution in [0.1, 0.15) is 10.8 Å². The van der Waals surface area contributed by atoms with E-state index in [0.717, 1.165) is 17.3 Å². The fraction of sp³-hybridized carbons (Fsp3) is 0.125. The molecule has 0 fully saturated rings. The molecule has 1 amide bonds. The number of hydrogen-bond donors (Lipinski definition) is 1. The summed E-state index contributed by atoms with van der Waals surface area (Å²) in [4.78, 5) is 13.2. The number of nitrogens with one attached hydrogen (secondary N) is 1. The molecule has 0 spiro atoms. The zero-order valence-corrected chi connectivity index (χ0v) is 19.4. The number of carbonyl (C=O) groups is 1. The zero-order chi connectivity index (χ0) is 23.2. The number of para-hydroxylation sites is 1. The quantitative estimate of drug-likeness (QED) is 0.314. The second-order valence-corrected chi connectivity index (χ2v) is 8.28. The van der Waals surface area contributed by atoms with Crippen LogP contribution in [0.15, 0.2) is 82.4 Å². The van der Waals surface area contributed by atoms with Gasteiger partial charge in [-0.2, -0.15) is 0 Å². The van der Waals surface area contributed by atoms with Crippen LogP contribution in [0.3, 0.4) is 0 Å². The Kier molecular flexibility index (Phi) is 7.16. The lowest BCUT2D eigenvalue weighted by Crippen LogP contribution is -2.19. The highest BCUT2D eigenvalue weighted by molar-refractivity contribution is 8.00. The van der Waals surface area contributed by atoms with Gasteiger partial charge >= 0.3 is 0 Å². The molecule has 0 saturated heterocycles. The Morgan fingerprint density at radius 2 is 1.70 bits per heavy atom. The number of halogens is 1. The molecule has 1 N–H and O–H groups in total. The number of benzene rings is 3. The number of methoxy groups -OCH3 is 2. The number of carbonyl (C=O) groups excluding carboxylic acids is 1. The molecule has 7 nitrogen and oxygen atoms in total. The molecule has 0 aliphatic rings. The summed E-state index contributed by atoms with van der Waals surface area (Å²) in [5.41, 5.74) is 2.01. The lowest BCUT2D eigenvalue weighted by atomic mass is 10.1. The minimum absolute atomic E-state index is 0.257. The number of anilines is 1. The molecule has 33 heavy (non-hydrogen) atoms. The number of rotatable bonds is 8. The second kappa shape index (κ2) is 10.4. The van der Waals surface area contributed by atoms with Gasteiger partial charge in [-0.05, 0) is 47.7 Å². The van der Waals surface area contributed by atoms with Crippen LogP contribution in [0, 0.1) is 0 Å². The molecule has 168 valence electrons. The first-order chi connectivity index (χ1) is 16.1. The number of thioether (sulfide) groups is 1. The Morgan fingerprint density at radius 3 is 2.42 bits per heavy atom. The number of ether oxygens (including phenoxy) is 2. The van der Waals surface area contributed by atoms with Gasteiger partial charge in [0.05, 0.1) is 24.8 Å². The van der Waals surface area contributed by atoms with Crippen LogP contribution in [0.2, 0.25) is 5.02 Å². The maximum Gasteiger partial charge on any atom is 0.277 e. The van der Waals surface area contributed by atoms with Crippen molar-refractivity contribution in [2.24, 2.45) is 0 Å². The van der Waals surface area contributed by atoms with Crippen molar-refractivity contribution in [2.45, 2.75) is 10.5 Å². The average molecular weight is 482 g/mol. The van der Waals surface area contributed by atoms with Gasteiger partial charge in [0.1, 0.15) is 16.7 Å². The van der Waals surface area contributed by atoms with E-state index in [1.165, 1.54) is 7.11 Å². The molecule has 4 rings (SSSR count). The normalized spacial score (nSPS) is 11.6. The van der Waals surface area contributed by atoms with Crippen LogP contribution in [-0.4, -0.2) is 30.3 Å². The number of hydrogen-bond acceptors (Lipinski definition) is 7. The fourth-order valence-electron chi connectivity index (χ4n) is 3.14. The third kappa shape index (κ3) is 5.30. The number of aromatic nitrogens is 2. The zero-order valence-electron chi connectivity index (χ0n) is 17.8. The summed E-state index contributed by atoms with van der Waals surface area (Å²) in [5, 5.41) is 11.2. The summed E-state index contributed by atoms with van der Waals surface area (Å²) in [6, 6.07) is 21.8.